The molecule has 0 fully saturated rings. The van der Waals surface area contributed by atoms with E-state index >= 15 is 0 Å². The third-order valence-corrected chi connectivity index (χ3v) is 4.39. The topological polar surface area (TPSA) is 51.8 Å². The van der Waals surface area contributed by atoms with Gasteiger partial charge in [-0.15, -0.1) is 0 Å². The van der Waals surface area contributed by atoms with Gasteiger partial charge in [-0.3, -0.25) is 0 Å². The first-order valence-electron chi connectivity index (χ1n) is 9.83. The first kappa shape index (κ1) is 19.7. The molecule has 1 aliphatic rings. The van der Waals surface area contributed by atoms with Crippen LogP contribution in [0.15, 0.2) is 48.5 Å². The van der Waals surface area contributed by atoms with Gasteiger partial charge in [-0.1, -0.05) is 24.3 Å². The van der Waals surface area contributed by atoms with Crippen molar-refractivity contribution in [2.45, 2.75) is 12.8 Å². The molecule has 1 heterocycles. The van der Waals surface area contributed by atoms with Gasteiger partial charge >= 0.3 is 0 Å². The lowest BCUT2D eigenvalue weighted by molar-refractivity contribution is 0.0145. The molecular weight excluding hydrogens is 340 g/mol. The molecule has 5 nitrogen and oxygen atoms in total. The summed E-state index contributed by atoms with van der Waals surface area (Å²) in [7, 11) is 0. The van der Waals surface area contributed by atoms with Crippen molar-refractivity contribution in [2.24, 2.45) is 0 Å². The Morgan fingerprint density at radius 2 is 1.00 bits per heavy atom. The summed E-state index contributed by atoms with van der Waals surface area (Å²) in [5.41, 5.74) is 4.70. The zero-order valence-corrected chi connectivity index (χ0v) is 15.9. The Bertz CT molecular complexity index is 621. The van der Waals surface area contributed by atoms with Crippen molar-refractivity contribution in [1.29, 1.82) is 0 Å². The van der Waals surface area contributed by atoms with Crippen LogP contribution >= 0.6 is 0 Å². The molecule has 0 spiro atoms. The summed E-state index contributed by atoms with van der Waals surface area (Å²) in [6.45, 7) is 5.76. The predicted octanol–water partition coefficient (Wildman–Crippen LogP) is 4.02. The van der Waals surface area contributed by atoms with E-state index in [1.54, 1.807) is 0 Å². The summed E-state index contributed by atoms with van der Waals surface area (Å²) in [5, 5.41) is 6.96. The maximum Gasteiger partial charge on any atom is 0.0701 e. The smallest absolute Gasteiger partial charge is 0.0701 e. The third-order valence-electron chi connectivity index (χ3n) is 4.39. The zero-order chi connectivity index (χ0) is 18.6. The Labute approximate surface area is 162 Å². The highest BCUT2D eigenvalue weighted by Crippen LogP contribution is 2.25. The van der Waals surface area contributed by atoms with Crippen LogP contribution in [-0.2, 0) is 14.2 Å². The molecule has 2 aromatic rings. The van der Waals surface area contributed by atoms with E-state index in [2.05, 4.69) is 59.2 Å². The Hall–Kier alpha value is -2.08. The van der Waals surface area contributed by atoms with E-state index in [0.29, 0.717) is 26.4 Å². The molecule has 5 heteroatoms. The van der Waals surface area contributed by atoms with Crippen LogP contribution in [0, 0.1) is 0 Å². The van der Waals surface area contributed by atoms with Crippen molar-refractivity contribution in [3.8, 4) is 11.1 Å². The maximum absolute atomic E-state index is 5.60. The molecule has 1 aliphatic heterocycles. The standard InChI is InChI=1S/C22H30N2O3/c1-5-19-17-21(7-1)23-9-3-11-25-13-15-27-16-14-26-12-4-10-24-22-8-2-6-20(19)18-22/h1-2,5-8,17-18,23-24H,3-4,9-16H2. The van der Waals surface area contributed by atoms with Crippen LogP contribution in [0.3, 0.4) is 0 Å². The Morgan fingerprint density at radius 1 is 0.556 bits per heavy atom. The lowest BCUT2D eigenvalue weighted by atomic mass is 10.0. The fraction of sp³-hybridized carbons (Fsp3) is 0.455. The predicted molar refractivity (Wildman–Crippen MR) is 111 cm³/mol. The molecule has 2 aromatic carbocycles. The summed E-state index contributed by atoms with van der Waals surface area (Å²) in [5.74, 6) is 0. The first-order chi connectivity index (χ1) is 13.4. The highest BCUT2D eigenvalue weighted by Gasteiger charge is 2.02. The highest BCUT2D eigenvalue weighted by atomic mass is 16.5. The molecule has 0 aromatic heterocycles. The molecule has 0 radical (unpaired) electrons. The number of benzene rings is 2. The SMILES string of the molecule is c1cc2cc(c1)-c1cccc(c1)NCCCOCCOCCOCCCN2. The number of fused-ring (bicyclic) bond motifs is 5. The monoisotopic (exact) mass is 370 g/mol. The van der Waals surface area contributed by atoms with Crippen LogP contribution in [0.2, 0.25) is 0 Å². The van der Waals surface area contributed by atoms with E-state index in [1.807, 2.05) is 0 Å². The van der Waals surface area contributed by atoms with E-state index in [1.165, 1.54) is 11.1 Å². The Morgan fingerprint density at radius 3 is 1.48 bits per heavy atom. The summed E-state index contributed by atoms with van der Waals surface area (Å²) in [6.07, 6.45) is 1.93. The number of hydrogen-bond acceptors (Lipinski definition) is 5. The van der Waals surface area contributed by atoms with Gasteiger partial charge in [0.25, 0.3) is 0 Å². The van der Waals surface area contributed by atoms with E-state index in [0.717, 1.165) is 50.5 Å². The van der Waals surface area contributed by atoms with Crippen LogP contribution in [0.25, 0.3) is 11.1 Å². The number of ether oxygens (including phenoxy) is 3. The summed E-state index contributed by atoms with van der Waals surface area (Å²) < 4.78 is 16.7. The summed E-state index contributed by atoms with van der Waals surface area (Å²) in [4.78, 5) is 0. The second-order valence-corrected chi connectivity index (χ2v) is 6.56. The van der Waals surface area contributed by atoms with Crippen molar-refractivity contribution < 1.29 is 14.2 Å². The minimum absolute atomic E-state index is 0.621. The zero-order valence-electron chi connectivity index (χ0n) is 15.9. The quantitative estimate of drug-likeness (QED) is 0.734. The van der Waals surface area contributed by atoms with Crippen LogP contribution in [0.1, 0.15) is 12.8 Å². The van der Waals surface area contributed by atoms with Gasteiger partial charge in [0, 0.05) is 37.7 Å². The molecule has 146 valence electrons. The van der Waals surface area contributed by atoms with Crippen LogP contribution in [0.4, 0.5) is 11.4 Å². The number of anilines is 2. The van der Waals surface area contributed by atoms with Crippen LogP contribution < -0.4 is 10.6 Å². The molecule has 0 saturated heterocycles. The second kappa shape index (κ2) is 11.6. The maximum atomic E-state index is 5.60. The number of nitrogens with one attached hydrogen (secondary N) is 2. The first-order valence-corrected chi connectivity index (χ1v) is 9.83. The molecule has 27 heavy (non-hydrogen) atoms. The van der Waals surface area contributed by atoms with Gasteiger partial charge in [-0.2, -0.15) is 0 Å². The van der Waals surface area contributed by atoms with E-state index in [-0.39, 0.29) is 0 Å². The highest BCUT2D eigenvalue weighted by molar-refractivity contribution is 5.71. The average Bonchev–Trinajstić information content (AvgIpc) is 2.71. The fourth-order valence-electron chi connectivity index (χ4n) is 2.97. The van der Waals surface area contributed by atoms with Crippen molar-refractivity contribution in [3.63, 3.8) is 0 Å². The normalized spacial score (nSPS) is 17.8. The minimum Gasteiger partial charge on any atom is -0.385 e. The largest absolute Gasteiger partial charge is 0.385 e. The van der Waals surface area contributed by atoms with Crippen molar-refractivity contribution in [1.82, 2.24) is 0 Å². The fourth-order valence-corrected chi connectivity index (χ4v) is 2.97. The van der Waals surface area contributed by atoms with Crippen molar-refractivity contribution in [2.75, 3.05) is 63.4 Å². The van der Waals surface area contributed by atoms with Gasteiger partial charge in [0.1, 0.15) is 0 Å². The number of rotatable bonds is 0. The van der Waals surface area contributed by atoms with Gasteiger partial charge in [0.15, 0.2) is 0 Å². The molecule has 3 rings (SSSR count). The lowest BCUT2D eigenvalue weighted by Gasteiger charge is -2.11. The third kappa shape index (κ3) is 7.21. The summed E-state index contributed by atoms with van der Waals surface area (Å²) in [6, 6.07) is 17.1. The number of hydrogen-bond donors (Lipinski definition) is 2. The van der Waals surface area contributed by atoms with Crippen molar-refractivity contribution in [3.05, 3.63) is 48.5 Å². The Balaban J connectivity index is 1.63. The molecule has 4 bridgehead atoms. The van der Waals surface area contributed by atoms with E-state index < -0.39 is 0 Å². The molecule has 0 unspecified atom stereocenters. The average molecular weight is 370 g/mol. The van der Waals surface area contributed by atoms with Gasteiger partial charge in [-0.25, -0.2) is 0 Å². The second-order valence-electron chi connectivity index (χ2n) is 6.56. The van der Waals surface area contributed by atoms with Gasteiger partial charge in [0.2, 0.25) is 0 Å². The summed E-state index contributed by atoms with van der Waals surface area (Å²) >= 11 is 0. The Kier molecular flexibility index (Phi) is 8.45. The molecular formula is C22H30N2O3. The van der Waals surface area contributed by atoms with Gasteiger partial charge in [0.05, 0.1) is 26.4 Å². The molecule has 0 aliphatic carbocycles. The van der Waals surface area contributed by atoms with E-state index in [4.69, 9.17) is 14.2 Å². The molecule has 0 amide bonds. The van der Waals surface area contributed by atoms with Gasteiger partial charge in [-0.05, 0) is 48.2 Å². The van der Waals surface area contributed by atoms with Crippen LogP contribution in [0.5, 0.6) is 0 Å². The molecule has 0 atom stereocenters. The molecule has 2 N–H and O–H groups in total. The van der Waals surface area contributed by atoms with E-state index in [9.17, 15) is 0 Å². The lowest BCUT2D eigenvalue weighted by Crippen LogP contribution is -2.12. The van der Waals surface area contributed by atoms with Gasteiger partial charge < -0.3 is 24.8 Å². The minimum atomic E-state index is 0.621. The van der Waals surface area contributed by atoms with Crippen molar-refractivity contribution >= 4 is 11.4 Å². The van der Waals surface area contributed by atoms with Crippen LogP contribution in [-0.4, -0.2) is 52.7 Å². The molecule has 0 saturated carbocycles.